The molecule has 10 heteroatoms. The van der Waals surface area contributed by atoms with Gasteiger partial charge in [0.2, 0.25) is 5.88 Å². The number of nitrogens with zero attached hydrogens (tertiary/aromatic N) is 4. The Morgan fingerprint density at radius 1 is 1.48 bits per heavy atom. The van der Waals surface area contributed by atoms with Gasteiger partial charge in [0, 0.05) is 24.7 Å². The molecule has 1 aliphatic rings. The fourth-order valence-corrected chi connectivity index (χ4v) is 2.62. The first kappa shape index (κ1) is 17.3. The van der Waals surface area contributed by atoms with Crippen LogP contribution in [0.4, 0.5) is 13.2 Å². The Kier molecular flexibility index (Phi) is 4.44. The second-order valence-electron chi connectivity index (χ2n) is 5.73. The molecular weight excluding hydrogens is 341 g/mol. The van der Waals surface area contributed by atoms with Crippen LogP contribution in [-0.4, -0.2) is 44.4 Å². The summed E-state index contributed by atoms with van der Waals surface area (Å²) < 4.78 is 50.6. The SMILES string of the molecule is CCOC(=O)c1c(-c2cnn(CC(F)(F)F)c2)nn2c1O[C@H](C)CC2. The van der Waals surface area contributed by atoms with Crippen LogP contribution in [0.2, 0.25) is 0 Å². The van der Waals surface area contributed by atoms with Crippen molar-refractivity contribution in [3.05, 3.63) is 18.0 Å². The lowest BCUT2D eigenvalue weighted by molar-refractivity contribution is -0.142. The van der Waals surface area contributed by atoms with Crippen LogP contribution in [0, 0.1) is 0 Å². The van der Waals surface area contributed by atoms with Crippen molar-refractivity contribution in [2.45, 2.75) is 45.6 Å². The average Bonchev–Trinajstić information content (AvgIpc) is 3.09. The number of alkyl halides is 3. The number of hydrogen-bond acceptors (Lipinski definition) is 5. The Hall–Kier alpha value is -2.52. The Balaban J connectivity index is 2.02. The molecule has 2 aromatic rings. The molecule has 0 spiro atoms. The number of halogens is 3. The van der Waals surface area contributed by atoms with E-state index in [2.05, 4.69) is 10.2 Å². The number of hydrogen-bond donors (Lipinski definition) is 0. The van der Waals surface area contributed by atoms with Gasteiger partial charge in [-0.25, -0.2) is 9.48 Å². The van der Waals surface area contributed by atoms with Gasteiger partial charge in [-0.3, -0.25) is 4.68 Å². The number of ether oxygens (including phenoxy) is 2. The van der Waals surface area contributed by atoms with Crippen molar-refractivity contribution in [3.8, 4) is 17.1 Å². The van der Waals surface area contributed by atoms with E-state index in [1.165, 1.54) is 17.1 Å². The molecule has 0 N–H and O–H groups in total. The zero-order valence-electron chi connectivity index (χ0n) is 13.7. The fraction of sp³-hybridized carbons (Fsp3) is 0.533. The number of aryl methyl sites for hydroxylation is 1. The summed E-state index contributed by atoms with van der Waals surface area (Å²) in [6.45, 7) is 3.01. The number of carbonyl (C=O) groups excluding carboxylic acids is 1. The Morgan fingerprint density at radius 2 is 2.24 bits per heavy atom. The maximum Gasteiger partial charge on any atom is 0.408 e. The highest BCUT2D eigenvalue weighted by molar-refractivity contribution is 5.98. The molecule has 0 aliphatic carbocycles. The van der Waals surface area contributed by atoms with Crippen LogP contribution in [0.25, 0.3) is 11.3 Å². The minimum Gasteiger partial charge on any atom is -0.474 e. The van der Waals surface area contributed by atoms with Crippen molar-refractivity contribution in [1.29, 1.82) is 0 Å². The summed E-state index contributed by atoms with van der Waals surface area (Å²) in [5.41, 5.74) is 0.612. The van der Waals surface area contributed by atoms with Gasteiger partial charge in [0.25, 0.3) is 0 Å². The van der Waals surface area contributed by atoms with Gasteiger partial charge in [-0.2, -0.15) is 23.4 Å². The summed E-state index contributed by atoms with van der Waals surface area (Å²) in [4.78, 5) is 12.4. The zero-order chi connectivity index (χ0) is 18.2. The number of carbonyl (C=O) groups is 1. The molecule has 0 saturated carbocycles. The molecule has 0 radical (unpaired) electrons. The highest BCUT2D eigenvalue weighted by atomic mass is 19.4. The van der Waals surface area contributed by atoms with Crippen LogP contribution in [-0.2, 0) is 17.8 Å². The first-order chi connectivity index (χ1) is 11.8. The third-order valence-corrected chi connectivity index (χ3v) is 3.69. The predicted molar refractivity (Wildman–Crippen MR) is 80.2 cm³/mol. The molecule has 0 saturated heterocycles. The molecule has 25 heavy (non-hydrogen) atoms. The maximum atomic E-state index is 12.5. The average molecular weight is 358 g/mol. The standard InChI is InChI=1S/C15H17F3N4O3/c1-3-24-14(23)11-12(20-22-5-4-9(2)25-13(11)22)10-6-19-21(7-10)8-15(16,17)18/h6-7,9H,3-5,8H2,1-2H3/t9-/m1/s1. The van der Waals surface area contributed by atoms with Crippen molar-refractivity contribution in [3.63, 3.8) is 0 Å². The van der Waals surface area contributed by atoms with Gasteiger partial charge in [0.05, 0.1) is 18.9 Å². The minimum atomic E-state index is -4.39. The lowest BCUT2D eigenvalue weighted by Gasteiger charge is -2.21. The quantitative estimate of drug-likeness (QED) is 0.786. The van der Waals surface area contributed by atoms with E-state index in [1.807, 2.05) is 6.92 Å². The van der Waals surface area contributed by atoms with Crippen molar-refractivity contribution >= 4 is 5.97 Å². The fourth-order valence-electron chi connectivity index (χ4n) is 2.62. The monoisotopic (exact) mass is 358 g/mol. The number of aromatic nitrogens is 4. The number of rotatable bonds is 4. The molecule has 136 valence electrons. The van der Waals surface area contributed by atoms with Crippen LogP contribution in [0.3, 0.4) is 0 Å². The molecule has 3 heterocycles. The van der Waals surface area contributed by atoms with Crippen molar-refractivity contribution in [2.75, 3.05) is 6.61 Å². The van der Waals surface area contributed by atoms with Gasteiger partial charge in [-0.1, -0.05) is 0 Å². The van der Waals surface area contributed by atoms with Crippen LogP contribution < -0.4 is 4.74 Å². The molecule has 2 aromatic heterocycles. The molecule has 0 bridgehead atoms. The topological polar surface area (TPSA) is 71.2 Å². The molecular formula is C15H17F3N4O3. The summed E-state index contributed by atoms with van der Waals surface area (Å²) in [5.74, 6) is -0.354. The summed E-state index contributed by atoms with van der Waals surface area (Å²) in [7, 11) is 0. The lowest BCUT2D eigenvalue weighted by Crippen LogP contribution is -2.24. The van der Waals surface area contributed by atoms with Crippen LogP contribution in [0.5, 0.6) is 5.88 Å². The van der Waals surface area contributed by atoms with Gasteiger partial charge in [-0.15, -0.1) is 0 Å². The van der Waals surface area contributed by atoms with E-state index in [0.29, 0.717) is 18.5 Å². The first-order valence-corrected chi connectivity index (χ1v) is 7.82. The van der Waals surface area contributed by atoms with Crippen LogP contribution in [0.1, 0.15) is 30.6 Å². The largest absolute Gasteiger partial charge is 0.474 e. The Bertz CT molecular complexity index is 782. The summed E-state index contributed by atoms with van der Waals surface area (Å²) in [5, 5.41) is 8.02. The minimum absolute atomic E-state index is 0.0989. The molecule has 0 unspecified atom stereocenters. The van der Waals surface area contributed by atoms with E-state index in [-0.39, 0.29) is 29.8 Å². The first-order valence-electron chi connectivity index (χ1n) is 7.82. The summed E-state index contributed by atoms with van der Waals surface area (Å²) in [6.07, 6.45) is -1.33. The number of esters is 1. The maximum absolute atomic E-state index is 12.5. The molecule has 1 aliphatic heterocycles. The molecule has 7 nitrogen and oxygen atoms in total. The van der Waals surface area contributed by atoms with E-state index >= 15 is 0 Å². The zero-order valence-corrected chi connectivity index (χ0v) is 13.7. The van der Waals surface area contributed by atoms with Gasteiger partial charge >= 0.3 is 12.1 Å². The van der Waals surface area contributed by atoms with Crippen molar-refractivity contribution < 1.29 is 27.4 Å². The molecule has 1 atom stereocenters. The van der Waals surface area contributed by atoms with E-state index in [9.17, 15) is 18.0 Å². The van der Waals surface area contributed by atoms with Crippen molar-refractivity contribution in [2.24, 2.45) is 0 Å². The number of fused-ring (bicyclic) bond motifs is 1. The highest BCUT2D eigenvalue weighted by Gasteiger charge is 2.32. The summed E-state index contributed by atoms with van der Waals surface area (Å²) >= 11 is 0. The van der Waals surface area contributed by atoms with Crippen LogP contribution in [0.15, 0.2) is 12.4 Å². The van der Waals surface area contributed by atoms with Crippen LogP contribution >= 0.6 is 0 Å². The van der Waals surface area contributed by atoms with Crippen molar-refractivity contribution in [1.82, 2.24) is 19.6 Å². The van der Waals surface area contributed by atoms with Gasteiger partial charge < -0.3 is 9.47 Å². The third kappa shape index (κ3) is 3.62. The second-order valence-corrected chi connectivity index (χ2v) is 5.73. The normalized spacial score (nSPS) is 17.1. The van der Waals surface area contributed by atoms with Gasteiger partial charge in [-0.05, 0) is 13.8 Å². The van der Waals surface area contributed by atoms with E-state index < -0.39 is 18.7 Å². The van der Waals surface area contributed by atoms with E-state index in [1.54, 1.807) is 6.92 Å². The molecule has 0 fully saturated rings. The van der Waals surface area contributed by atoms with Gasteiger partial charge in [0.1, 0.15) is 17.8 Å². The van der Waals surface area contributed by atoms with E-state index in [0.717, 1.165) is 4.68 Å². The lowest BCUT2D eigenvalue weighted by atomic mass is 10.1. The smallest absolute Gasteiger partial charge is 0.408 e. The highest BCUT2D eigenvalue weighted by Crippen LogP contribution is 2.34. The predicted octanol–water partition coefficient (Wildman–Crippen LogP) is 2.66. The molecule has 0 amide bonds. The third-order valence-electron chi connectivity index (χ3n) is 3.69. The Morgan fingerprint density at radius 3 is 2.92 bits per heavy atom. The second kappa shape index (κ2) is 6.41. The van der Waals surface area contributed by atoms with E-state index in [4.69, 9.17) is 9.47 Å². The molecule has 0 aromatic carbocycles. The molecule has 3 rings (SSSR count). The Labute approximate surface area is 141 Å². The van der Waals surface area contributed by atoms with Gasteiger partial charge in [0.15, 0.2) is 0 Å². The summed E-state index contributed by atoms with van der Waals surface area (Å²) in [6, 6.07) is 0.